The molecule has 1 aromatic rings. The molecule has 3 nitrogen and oxygen atoms in total. The molecule has 3 heteroatoms. The van der Waals surface area contributed by atoms with Gasteiger partial charge in [-0.25, -0.2) is 0 Å². The second-order valence-electron chi connectivity index (χ2n) is 3.59. The van der Waals surface area contributed by atoms with E-state index in [1.165, 1.54) is 12.8 Å². The Hall–Kier alpha value is -1.09. The van der Waals surface area contributed by atoms with E-state index in [0.717, 1.165) is 24.4 Å². The number of rotatable bonds is 2. The van der Waals surface area contributed by atoms with E-state index >= 15 is 0 Å². The molecule has 0 amide bonds. The summed E-state index contributed by atoms with van der Waals surface area (Å²) in [5.41, 5.74) is 1.05. The van der Waals surface area contributed by atoms with Crippen LogP contribution in [-0.4, -0.2) is 18.6 Å². The lowest BCUT2D eigenvalue weighted by Crippen LogP contribution is -2.27. The first kappa shape index (κ1) is 9.46. The predicted octanol–water partition coefficient (Wildman–Crippen LogP) is 1.90. The van der Waals surface area contributed by atoms with Crippen LogP contribution in [0.5, 0.6) is 5.75 Å². The standard InChI is InChI=1S/C11H16N2O/c1-14-10-6-4-8-13-11(10)9-5-2-3-7-12-9/h4,6,8-9,12H,2-3,5,7H2,1H3. The van der Waals surface area contributed by atoms with Crippen LogP contribution in [0.15, 0.2) is 18.3 Å². The molecule has 1 fully saturated rings. The first-order valence-electron chi connectivity index (χ1n) is 5.14. The van der Waals surface area contributed by atoms with E-state index in [0.29, 0.717) is 6.04 Å². The Morgan fingerprint density at radius 3 is 3.14 bits per heavy atom. The van der Waals surface area contributed by atoms with E-state index in [1.54, 1.807) is 7.11 Å². The smallest absolute Gasteiger partial charge is 0.141 e. The van der Waals surface area contributed by atoms with Crippen molar-refractivity contribution in [3.63, 3.8) is 0 Å². The van der Waals surface area contributed by atoms with Crippen molar-refractivity contribution >= 4 is 0 Å². The van der Waals surface area contributed by atoms with Crippen LogP contribution in [0.25, 0.3) is 0 Å². The van der Waals surface area contributed by atoms with Crippen LogP contribution in [0.3, 0.4) is 0 Å². The van der Waals surface area contributed by atoms with Gasteiger partial charge in [-0.1, -0.05) is 6.42 Å². The highest BCUT2D eigenvalue weighted by Gasteiger charge is 2.18. The van der Waals surface area contributed by atoms with E-state index in [-0.39, 0.29) is 0 Å². The largest absolute Gasteiger partial charge is 0.495 e. The molecule has 1 N–H and O–H groups in total. The third-order valence-corrected chi connectivity index (χ3v) is 2.66. The van der Waals surface area contributed by atoms with Gasteiger partial charge in [-0.2, -0.15) is 0 Å². The first-order chi connectivity index (χ1) is 6.92. The molecule has 0 saturated carbocycles. The zero-order valence-electron chi connectivity index (χ0n) is 8.49. The fourth-order valence-corrected chi connectivity index (χ4v) is 1.92. The molecule has 0 bridgehead atoms. The molecular weight excluding hydrogens is 176 g/mol. The van der Waals surface area contributed by atoms with Gasteiger partial charge >= 0.3 is 0 Å². The summed E-state index contributed by atoms with van der Waals surface area (Å²) < 4.78 is 5.30. The quantitative estimate of drug-likeness (QED) is 0.777. The summed E-state index contributed by atoms with van der Waals surface area (Å²) in [4.78, 5) is 4.39. The number of ether oxygens (including phenoxy) is 1. The summed E-state index contributed by atoms with van der Waals surface area (Å²) in [6.45, 7) is 1.09. The molecule has 14 heavy (non-hydrogen) atoms. The molecule has 76 valence electrons. The third-order valence-electron chi connectivity index (χ3n) is 2.66. The van der Waals surface area contributed by atoms with Gasteiger partial charge in [-0.05, 0) is 31.5 Å². The normalized spacial score (nSPS) is 21.9. The number of pyridine rings is 1. The maximum absolute atomic E-state index is 5.30. The molecular formula is C11H16N2O. The Morgan fingerprint density at radius 2 is 2.43 bits per heavy atom. The number of nitrogens with one attached hydrogen (secondary N) is 1. The number of nitrogens with zero attached hydrogens (tertiary/aromatic N) is 1. The van der Waals surface area contributed by atoms with E-state index < -0.39 is 0 Å². The van der Waals surface area contributed by atoms with Gasteiger partial charge in [-0.3, -0.25) is 4.98 Å². The second-order valence-corrected chi connectivity index (χ2v) is 3.59. The summed E-state index contributed by atoms with van der Waals surface area (Å²) in [6, 6.07) is 4.25. The Labute approximate surface area is 84.5 Å². The Bertz CT molecular complexity index is 295. The molecule has 1 aliphatic rings. The average molecular weight is 192 g/mol. The topological polar surface area (TPSA) is 34.1 Å². The van der Waals surface area contributed by atoms with Crippen molar-refractivity contribution in [2.75, 3.05) is 13.7 Å². The lowest BCUT2D eigenvalue weighted by molar-refractivity contribution is 0.366. The molecule has 0 aromatic carbocycles. The number of hydrogen-bond donors (Lipinski definition) is 1. The van der Waals surface area contributed by atoms with Crippen LogP contribution >= 0.6 is 0 Å². The van der Waals surface area contributed by atoms with Gasteiger partial charge < -0.3 is 10.1 Å². The second kappa shape index (κ2) is 4.42. The van der Waals surface area contributed by atoms with Crippen LogP contribution < -0.4 is 10.1 Å². The fourth-order valence-electron chi connectivity index (χ4n) is 1.92. The van der Waals surface area contributed by atoms with Crippen LogP contribution in [0.4, 0.5) is 0 Å². The molecule has 2 rings (SSSR count). The van der Waals surface area contributed by atoms with Gasteiger partial charge in [0.15, 0.2) is 0 Å². The van der Waals surface area contributed by atoms with Crippen LogP contribution in [-0.2, 0) is 0 Å². The number of methoxy groups -OCH3 is 1. The van der Waals surface area contributed by atoms with E-state index in [4.69, 9.17) is 4.74 Å². The maximum atomic E-state index is 5.30. The van der Waals surface area contributed by atoms with Gasteiger partial charge in [0.05, 0.1) is 18.8 Å². The summed E-state index contributed by atoms with van der Waals surface area (Å²) in [5, 5.41) is 3.47. The summed E-state index contributed by atoms with van der Waals surface area (Å²) in [5.74, 6) is 0.895. The molecule has 2 heterocycles. The minimum atomic E-state index is 0.375. The minimum absolute atomic E-state index is 0.375. The van der Waals surface area contributed by atoms with E-state index in [2.05, 4.69) is 10.3 Å². The van der Waals surface area contributed by atoms with Crippen molar-refractivity contribution in [2.45, 2.75) is 25.3 Å². The van der Waals surface area contributed by atoms with Crippen LogP contribution in [0.1, 0.15) is 31.0 Å². The monoisotopic (exact) mass is 192 g/mol. The maximum Gasteiger partial charge on any atom is 0.141 e. The minimum Gasteiger partial charge on any atom is -0.495 e. The Balaban J connectivity index is 2.20. The molecule has 1 unspecified atom stereocenters. The Kier molecular flexibility index (Phi) is 2.99. The van der Waals surface area contributed by atoms with Crippen molar-refractivity contribution in [2.24, 2.45) is 0 Å². The lowest BCUT2D eigenvalue weighted by atomic mass is 10.0. The number of hydrogen-bond acceptors (Lipinski definition) is 3. The summed E-state index contributed by atoms with van der Waals surface area (Å²) >= 11 is 0. The van der Waals surface area contributed by atoms with Crippen LogP contribution in [0, 0.1) is 0 Å². The predicted molar refractivity (Wildman–Crippen MR) is 55.4 cm³/mol. The van der Waals surface area contributed by atoms with E-state index in [9.17, 15) is 0 Å². The van der Waals surface area contributed by atoms with Crippen molar-refractivity contribution in [3.8, 4) is 5.75 Å². The number of aromatic nitrogens is 1. The van der Waals surface area contributed by atoms with Gasteiger partial charge in [-0.15, -0.1) is 0 Å². The van der Waals surface area contributed by atoms with Gasteiger partial charge in [0.25, 0.3) is 0 Å². The van der Waals surface area contributed by atoms with Crippen molar-refractivity contribution in [1.29, 1.82) is 0 Å². The highest BCUT2D eigenvalue weighted by molar-refractivity contribution is 5.29. The molecule has 0 spiro atoms. The van der Waals surface area contributed by atoms with E-state index in [1.807, 2.05) is 18.3 Å². The summed E-state index contributed by atoms with van der Waals surface area (Å²) in [7, 11) is 1.70. The molecule has 0 aliphatic carbocycles. The van der Waals surface area contributed by atoms with Gasteiger partial charge in [0.1, 0.15) is 5.75 Å². The van der Waals surface area contributed by atoms with Crippen molar-refractivity contribution in [3.05, 3.63) is 24.0 Å². The number of piperidine rings is 1. The Morgan fingerprint density at radius 1 is 1.50 bits per heavy atom. The van der Waals surface area contributed by atoms with Gasteiger partial charge in [0.2, 0.25) is 0 Å². The molecule has 0 radical (unpaired) electrons. The highest BCUT2D eigenvalue weighted by Crippen LogP contribution is 2.27. The highest BCUT2D eigenvalue weighted by atomic mass is 16.5. The zero-order chi connectivity index (χ0) is 9.80. The molecule has 1 aromatic heterocycles. The first-order valence-corrected chi connectivity index (χ1v) is 5.14. The molecule has 1 aliphatic heterocycles. The van der Waals surface area contributed by atoms with Gasteiger partial charge in [0, 0.05) is 6.20 Å². The molecule has 1 saturated heterocycles. The zero-order valence-corrected chi connectivity index (χ0v) is 8.49. The lowest BCUT2D eigenvalue weighted by Gasteiger charge is -2.24. The van der Waals surface area contributed by atoms with Crippen molar-refractivity contribution < 1.29 is 4.74 Å². The third kappa shape index (κ3) is 1.87. The van der Waals surface area contributed by atoms with Crippen molar-refractivity contribution in [1.82, 2.24) is 10.3 Å². The van der Waals surface area contributed by atoms with Crippen LogP contribution in [0.2, 0.25) is 0 Å². The average Bonchev–Trinajstić information content (AvgIpc) is 2.30. The fraction of sp³-hybridized carbons (Fsp3) is 0.545. The summed E-state index contributed by atoms with van der Waals surface area (Å²) in [6.07, 6.45) is 5.53. The molecule has 1 atom stereocenters. The SMILES string of the molecule is COc1cccnc1C1CCCCN1.